The fraction of sp³-hybridized carbons (Fsp3) is 0.455. The summed E-state index contributed by atoms with van der Waals surface area (Å²) in [4.78, 5) is 22.1. The topological polar surface area (TPSA) is 45.7 Å². The van der Waals surface area contributed by atoms with E-state index < -0.39 is 0 Å². The highest BCUT2D eigenvalue weighted by atomic mass is 16.5. The summed E-state index contributed by atoms with van der Waals surface area (Å²) in [5.41, 5.74) is 1.96. The second-order valence-electron chi connectivity index (χ2n) is 7.89. The highest BCUT2D eigenvalue weighted by molar-refractivity contribution is 5.94. The van der Waals surface area contributed by atoms with Gasteiger partial charge in [-0.1, -0.05) is 30.3 Å². The van der Waals surface area contributed by atoms with Crippen LogP contribution in [0.5, 0.6) is 0 Å². The van der Waals surface area contributed by atoms with Crippen LogP contribution in [0.2, 0.25) is 0 Å². The lowest BCUT2D eigenvalue weighted by molar-refractivity contribution is 0.0353. The fourth-order valence-corrected chi connectivity index (χ4v) is 5.55. The molecule has 4 aliphatic heterocycles. The molecule has 0 N–H and O–H groups in total. The van der Waals surface area contributed by atoms with E-state index in [2.05, 4.69) is 45.1 Å². The molecule has 6 rings (SSSR count). The van der Waals surface area contributed by atoms with Crippen LogP contribution < -0.4 is 4.90 Å². The number of aromatic nitrogens is 1. The predicted octanol–water partition coefficient (Wildman–Crippen LogP) is 2.93. The Hall–Kier alpha value is -2.40. The van der Waals surface area contributed by atoms with Crippen molar-refractivity contribution in [1.82, 2.24) is 9.88 Å². The number of ether oxygens (including phenoxy) is 1. The molecule has 0 unspecified atom stereocenters. The summed E-state index contributed by atoms with van der Waals surface area (Å²) in [5, 5.41) is 0. The van der Waals surface area contributed by atoms with Crippen molar-refractivity contribution in [3.8, 4) is 0 Å². The Labute approximate surface area is 159 Å². The first-order valence-corrected chi connectivity index (χ1v) is 9.87. The van der Waals surface area contributed by atoms with Gasteiger partial charge < -0.3 is 9.64 Å². The Morgan fingerprint density at radius 2 is 1.85 bits per heavy atom. The van der Waals surface area contributed by atoms with Gasteiger partial charge in [0.15, 0.2) is 0 Å². The number of carbonyl (C=O) groups excluding carboxylic acids is 1. The molecule has 0 radical (unpaired) electrons. The van der Waals surface area contributed by atoms with Gasteiger partial charge in [0.1, 0.15) is 11.4 Å². The van der Waals surface area contributed by atoms with Gasteiger partial charge in [0.05, 0.1) is 7.11 Å². The average Bonchev–Trinajstić information content (AvgIpc) is 3.17. The Morgan fingerprint density at radius 1 is 1.07 bits per heavy atom. The second-order valence-corrected chi connectivity index (χ2v) is 7.89. The number of piperidine rings is 3. The molecule has 0 aliphatic carbocycles. The smallest absolute Gasteiger partial charge is 0.341 e. The van der Waals surface area contributed by atoms with Gasteiger partial charge in [-0.2, -0.15) is 0 Å². The maximum absolute atomic E-state index is 12.4. The molecule has 0 spiro atoms. The molecule has 0 amide bonds. The summed E-state index contributed by atoms with van der Waals surface area (Å²) in [6, 6.07) is 15.4. The maximum Gasteiger partial charge on any atom is 0.341 e. The molecule has 2 aromatic rings. The number of rotatable bonds is 3. The van der Waals surface area contributed by atoms with Crippen LogP contribution in [-0.4, -0.2) is 54.7 Å². The van der Waals surface area contributed by atoms with Gasteiger partial charge in [0.2, 0.25) is 0 Å². The van der Waals surface area contributed by atoms with E-state index in [1.165, 1.54) is 38.6 Å². The highest BCUT2D eigenvalue weighted by Gasteiger charge is 2.54. The SMILES string of the molecule is COC(=O)c1cccnc1N1C[C@@H](c2ccccc2)[C@@H]2[C@H]1C1CCN2CC1. The number of esters is 1. The maximum atomic E-state index is 12.4. The van der Waals surface area contributed by atoms with E-state index in [0.717, 1.165) is 12.4 Å². The summed E-state index contributed by atoms with van der Waals surface area (Å²) >= 11 is 0. The van der Waals surface area contributed by atoms with Gasteiger partial charge in [-0.05, 0) is 49.5 Å². The molecule has 0 saturated carbocycles. The molecule has 4 aliphatic rings. The molecule has 1 aromatic heterocycles. The number of nitrogens with zero attached hydrogens (tertiary/aromatic N) is 3. The molecule has 2 bridgehead atoms. The zero-order valence-corrected chi connectivity index (χ0v) is 15.6. The number of hydrogen-bond donors (Lipinski definition) is 0. The van der Waals surface area contributed by atoms with Crippen LogP contribution in [0.4, 0.5) is 5.82 Å². The van der Waals surface area contributed by atoms with E-state index in [1.54, 1.807) is 6.20 Å². The van der Waals surface area contributed by atoms with Gasteiger partial charge in [-0.15, -0.1) is 0 Å². The Bertz CT molecular complexity index is 832. The van der Waals surface area contributed by atoms with E-state index in [-0.39, 0.29) is 5.97 Å². The molecule has 5 heterocycles. The van der Waals surface area contributed by atoms with Crippen LogP contribution in [0.15, 0.2) is 48.7 Å². The van der Waals surface area contributed by atoms with Crippen LogP contribution in [0.25, 0.3) is 0 Å². The van der Waals surface area contributed by atoms with Crippen molar-refractivity contribution >= 4 is 11.8 Å². The minimum Gasteiger partial charge on any atom is -0.465 e. The molecular weight excluding hydrogens is 338 g/mol. The average molecular weight is 363 g/mol. The number of anilines is 1. The van der Waals surface area contributed by atoms with Crippen molar-refractivity contribution in [1.29, 1.82) is 0 Å². The summed E-state index contributed by atoms with van der Waals surface area (Å²) < 4.78 is 5.03. The van der Waals surface area contributed by atoms with E-state index in [1.807, 2.05) is 12.1 Å². The fourth-order valence-electron chi connectivity index (χ4n) is 5.55. The first kappa shape index (κ1) is 16.8. The lowest BCUT2D eigenvalue weighted by Gasteiger charge is -2.51. The minimum absolute atomic E-state index is 0.306. The standard InChI is InChI=1S/C22H25N3O2/c1-27-22(26)17-8-5-11-23-21(17)25-14-18(15-6-3-2-4-7-15)20-19(25)16-9-12-24(20)13-10-16/h2-8,11,16,18-20H,9-10,12-14H2,1H3/t18-,19+,20+/m0/s1. The minimum atomic E-state index is -0.306. The van der Waals surface area contributed by atoms with Crippen LogP contribution >= 0.6 is 0 Å². The highest BCUT2D eigenvalue weighted by Crippen LogP contribution is 2.48. The second kappa shape index (κ2) is 6.64. The predicted molar refractivity (Wildman–Crippen MR) is 104 cm³/mol. The van der Waals surface area contributed by atoms with Crippen LogP contribution in [-0.2, 0) is 4.74 Å². The van der Waals surface area contributed by atoms with Crippen molar-refractivity contribution in [3.63, 3.8) is 0 Å². The molecule has 27 heavy (non-hydrogen) atoms. The molecule has 4 saturated heterocycles. The monoisotopic (exact) mass is 363 g/mol. The number of fused-ring (bicyclic) bond motifs is 2. The number of hydrogen-bond acceptors (Lipinski definition) is 5. The summed E-state index contributed by atoms with van der Waals surface area (Å²) in [6.07, 6.45) is 4.26. The molecule has 3 atom stereocenters. The van der Waals surface area contributed by atoms with Crippen LogP contribution in [0.1, 0.15) is 34.7 Å². The third kappa shape index (κ3) is 2.64. The third-order valence-electron chi connectivity index (χ3n) is 6.69. The zero-order valence-electron chi connectivity index (χ0n) is 15.6. The Morgan fingerprint density at radius 3 is 2.59 bits per heavy atom. The van der Waals surface area contributed by atoms with Gasteiger partial charge in [-0.3, -0.25) is 4.90 Å². The molecule has 140 valence electrons. The van der Waals surface area contributed by atoms with Crippen molar-refractivity contribution in [2.24, 2.45) is 5.92 Å². The van der Waals surface area contributed by atoms with E-state index in [4.69, 9.17) is 4.74 Å². The Balaban J connectivity index is 1.59. The van der Waals surface area contributed by atoms with Crippen LogP contribution in [0, 0.1) is 5.92 Å². The first-order valence-electron chi connectivity index (χ1n) is 9.87. The first-order chi connectivity index (χ1) is 13.3. The largest absolute Gasteiger partial charge is 0.465 e. The summed E-state index contributed by atoms with van der Waals surface area (Å²) in [5.74, 6) is 1.58. The lowest BCUT2D eigenvalue weighted by atomic mass is 9.75. The summed E-state index contributed by atoms with van der Waals surface area (Å²) in [6.45, 7) is 3.28. The number of methoxy groups -OCH3 is 1. The van der Waals surface area contributed by atoms with Gasteiger partial charge in [0, 0.05) is 30.7 Å². The van der Waals surface area contributed by atoms with Crippen molar-refractivity contribution < 1.29 is 9.53 Å². The lowest BCUT2D eigenvalue weighted by Crippen LogP contribution is -2.60. The van der Waals surface area contributed by atoms with Crippen LogP contribution in [0.3, 0.4) is 0 Å². The zero-order chi connectivity index (χ0) is 18.4. The number of benzene rings is 1. The molecular formula is C22H25N3O2. The Kier molecular flexibility index (Phi) is 4.12. The number of carbonyl (C=O) groups is 1. The normalized spacial score (nSPS) is 31.6. The summed E-state index contributed by atoms with van der Waals surface area (Å²) in [7, 11) is 1.44. The number of pyridine rings is 1. The molecule has 5 nitrogen and oxygen atoms in total. The van der Waals surface area contributed by atoms with E-state index in [0.29, 0.717) is 29.5 Å². The van der Waals surface area contributed by atoms with E-state index >= 15 is 0 Å². The van der Waals surface area contributed by atoms with Crippen molar-refractivity contribution in [2.75, 3.05) is 31.6 Å². The third-order valence-corrected chi connectivity index (χ3v) is 6.69. The molecule has 4 fully saturated rings. The van der Waals surface area contributed by atoms with Gasteiger partial charge in [0.25, 0.3) is 0 Å². The van der Waals surface area contributed by atoms with Gasteiger partial charge >= 0.3 is 5.97 Å². The van der Waals surface area contributed by atoms with Crippen molar-refractivity contribution in [3.05, 3.63) is 59.8 Å². The van der Waals surface area contributed by atoms with E-state index in [9.17, 15) is 4.79 Å². The molecule has 1 aromatic carbocycles. The quantitative estimate of drug-likeness (QED) is 0.785. The van der Waals surface area contributed by atoms with Gasteiger partial charge in [-0.25, -0.2) is 9.78 Å². The van der Waals surface area contributed by atoms with Crippen molar-refractivity contribution in [2.45, 2.75) is 30.8 Å². The molecule has 5 heteroatoms.